The van der Waals surface area contributed by atoms with E-state index in [-0.39, 0.29) is 5.82 Å². The Morgan fingerprint density at radius 3 is 3.05 bits per heavy atom. The van der Waals surface area contributed by atoms with E-state index in [2.05, 4.69) is 27.8 Å². The molecule has 0 unspecified atom stereocenters. The summed E-state index contributed by atoms with van der Waals surface area (Å²) in [6.45, 7) is 3.68. The molecule has 0 amide bonds. The normalized spacial score (nSPS) is 14.6. The Hall–Kier alpha value is -1.47. The molecule has 5 nitrogen and oxygen atoms in total. The summed E-state index contributed by atoms with van der Waals surface area (Å²) in [6, 6.07) is 5.30. The lowest BCUT2D eigenvalue weighted by atomic mass is 10.2. The van der Waals surface area contributed by atoms with Crippen LogP contribution in [0.15, 0.2) is 28.3 Å². The summed E-state index contributed by atoms with van der Waals surface area (Å²) in [5.74, 6) is -0.213. The Bertz CT molecular complexity index is 611. The third-order valence-electron chi connectivity index (χ3n) is 3.32. The second-order valence-electron chi connectivity index (χ2n) is 5.17. The minimum atomic E-state index is -0.213. The lowest BCUT2D eigenvalue weighted by Crippen LogP contribution is -2.14. The first-order chi connectivity index (χ1) is 10.3. The van der Waals surface area contributed by atoms with Crippen molar-refractivity contribution in [1.29, 1.82) is 0 Å². The van der Waals surface area contributed by atoms with Gasteiger partial charge in [-0.25, -0.2) is 9.07 Å². The summed E-state index contributed by atoms with van der Waals surface area (Å²) >= 11 is 1.50. The van der Waals surface area contributed by atoms with E-state index in [0.29, 0.717) is 12.6 Å². The van der Waals surface area contributed by atoms with Crippen molar-refractivity contribution in [3.63, 3.8) is 0 Å². The van der Waals surface area contributed by atoms with Crippen LogP contribution in [0.25, 0.3) is 0 Å². The smallest absolute Gasteiger partial charge is 0.214 e. The minimum Gasteiger partial charge on any atom is -0.313 e. The lowest BCUT2D eigenvalue weighted by molar-refractivity contribution is 0.565. The number of benzene rings is 1. The van der Waals surface area contributed by atoms with E-state index in [0.717, 1.165) is 41.4 Å². The molecule has 0 atom stereocenters. The number of nitrogens with one attached hydrogen (secondary N) is 1. The van der Waals surface area contributed by atoms with Gasteiger partial charge in [-0.1, -0.05) is 6.92 Å². The van der Waals surface area contributed by atoms with E-state index in [1.54, 1.807) is 12.1 Å². The molecule has 0 aliphatic heterocycles. The topological polar surface area (TPSA) is 55.6 Å². The molecule has 1 aliphatic carbocycles. The van der Waals surface area contributed by atoms with Gasteiger partial charge in [-0.3, -0.25) is 0 Å². The number of aromatic nitrogens is 4. The maximum Gasteiger partial charge on any atom is 0.214 e. The van der Waals surface area contributed by atoms with Gasteiger partial charge in [0.15, 0.2) is 0 Å². The van der Waals surface area contributed by atoms with Gasteiger partial charge in [-0.05, 0) is 71.8 Å². The first-order valence-corrected chi connectivity index (χ1v) is 8.04. The molecule has 1 aromatic carbocycles. The molecular weight excluding hydrogens is 289 g/mol. The number of rotatable bonds is 7. The number of hydrogen-bond donors (Lipinski definition) is 1. The molecule has 1 fully saturated rings. The van der Waals surface area contributed by atoms with E-state index in [9.17, 15) is 4.39 Å². The van der Waals surface area contributed by atoms with Gasteiger partial charge in [-0.15, -0.1) is 5.10 Å². The van der Waals surface area contributed by atoms with Crippen LogP contribution in [0, 0.1) is 5.82 Å². The first kappa shape index (κ1) is 14.5. The van der Waals surface area contributed by atoms with Crippen molar-refractivity contribution in [1.82, 2.24) is 25.5 Å². The Balaban J connectivity index is 1.78. The maximum absolute atomic E-state index is 13.5. The van der Waals surface area contributed by atoms with E-state index < -0.39 is 0 Å². The summed E-state index contributed by atoms with van der Waals surface area (Å²) in [6.07, 6.45) is 3.32. The molecule has 0 spiro atoms. The fraction of sp³-hybridized carbons (Fsp3) is 0.500. The third kappa shape index (κ3) is 3.59. The molecule has 21 heavy (non-hydrogen) atoms. The molecule has 1 saturated carbocycles. The largest absolute Gasteiger partial charge is 0.313 e. The van der Waals surface area contributed by atoms with E-state index >= 15 is 0 Å². The molecule has 1 aliphatic rings. The average molecular weight is 307 g/mol. The molecule has 0 saturated heterocycles. The molecular formula is C14H18FN5S. The Morgan fingerprint density at radius 2 is 2.29 bits per heavy atom. The fourth-order valence-corrected chi connectivity index (χ4v) is 3.04. The lowest BCUT2D eigenvalue weighted by Gasteiger charge is -2.10. The molecule has 1 aromatic heterocycles. The van der Waals surface area contributed by atoms with Crippen molar-refractivity contribution in [2.45, 2.75) is 48.8 Å². The van der Waals surface area contributed by atoms with Crippen LogP contribution in [0.3, 0.4) is 0 Å². The monoisotopic (exact) mass is 307 g/mol. The first-order valence-electron chi connectivity index (χ1n) is 7.22. The zero-order chi connectivity index (χ0) is 14.7. The predicted molar refractivity (Wildman–Crippen MR) is 78.6 cm³/mol. The summed E-state index contributed by atoms with van der Waals surface area (Å²) in [5, 5.41) is 16.0. The van der Waals surface area contributed by atoms with Gasteiger partial charge in [0, 0.05) is 11.4 Å². The maximum atomic E-state index is 13.5. The van der Waals surface area contributed by atoms with Crippen molar-refractivity contribution < 1.29 is 4.39 Å². The summed E-state index contributed by atoms with van der Waals surface area (Å²) in [5.41, 5.74) is 0.943. The minimum absolute atomic E-state index is 0.213. The van der Waals surface area contributed by atoms with E-state index in [1.807, 2.05) is 4.68 Å². The van der Waals surface area contributed by atoms with Crippen LogP contribution in [0.1, 0.15) is 37.8 Å². The number of tetrazole rings is 1. The second kappa shape index (κ2) is 6.53. The SMILES string of the molecule is CCCNCc1cc(F)ccc1Sc1nnnn1C1CC1. The van der Waals surface area contributed by atoms with Gasteiger partial charge in [0.25, 0.3) is 0 Å². The summed E-state index contributed by atoms with van der Waals surface area (Å²) in [7, 11) is 0. The van der Waals surface area contributed by atoms with Crippen molar-refractivity contribution >= 4 is 11.8 Å². The van der Waals surface area contributed by atoms with Crippen LogP contribution < -0.4 is 5.32 Å². The van der Waals surface area contributed by atoms with Crippen LogP contribution >= 0.6 is 11.8 Å². The van der Waals surface area contributed by atoms with Gasteiger partial charge in [-0.2, -0.15) is 0 Å². The number of hydrogen-bond acceptors (Lipinski definition) is 5. The van der Waals surface area contributed by atoms with Gasteiger partial charge in [0.05, 0.1) is 6.04 Å². The Morgan fingerprint density at radius 1 is 1.43 bits per heavy atom. The highest BCUT2D eigenvalue weighted by Gasteiger charge is 2.28. The van der Waals surface area contributed by atoms with E-state index in [4.69, 9.17) is 0 Å². The van der Waals surface area contributed by atoms with E-state index in [1.165, 1.54) is 17.8 Å². The van der Waals surface area contributed by atoms with Crippen LogP contribution in [0.2, 0.25) is 0 Å². The highest BCUT2D eigenvalue weighted by molar-refractivity contribution is 7.99. The highest BCUT2D eigenvalue weighted by Crippen LogP contribution is 2.38. The molecule has 2 aromatic rings. The predicted octanol–water partition coefficient (Wildman–Crippen LogP) is 2.80. The summed E-state index contributed by atoms with van der Waals surface area (Å²) in [4.78, 5) is 0.997. The van der Waals surface area contributed by atoms with Crippen LogP contribution in [-0.2, 0) is 6.54 Å². The van der Waals surface area contributed by atoms with Gasteiger partial charge in [0.1, 0.15) is 5.82 Å². The molecule has 112 valence electrons. The van der Waals surface area contributed by atoms with Crippen LogP contribution in [-0.4, -0.2) is 26.8 Å². The zero-order valence-corrected chi connectivity index (χ0v) is 12.7. The molecule has 1 heterocycles. The number of nitrogens with zero attached hydrogens (tertiary/aromatic N) is 4. The third-order valence-corrected chi connectivity index (χ3v) is 4.39. The highest BCUT2D eigenvalue weighted by atomic mass is 32.2. The Labute approximate surface area is 127 Å². The molecule has 0 radical (unpaired) electrons. The van der Waals surface area contributed by atoms with Crippen LogP contribution in [0.4, 0.5) is 4.39 Å². The number of halogens is 1. The fourth-order valence-electron chi connectivity index (χ4n) is 2.08. The van der Waals surface area contributed by atoms with Crippen molar-refractivity contribution in [2.75, 3.05) is 6.54 Å². The second-order valence-corrected chi connectivity index (χ2v) is 6.18. The average Bonchev–Trinajstić information content (AvgIpc) is 3.22. The van der Waals surface area contributed by atoms with Crippen molar-refractivity contribution in [3.8, 4) is 0 Å². The van der Waals surface area contributed by atoms with Gasteiger partial charge < -0.3 is 5.32 Å². The quantitative estimate of drug-likeness (QED) is 0.797. The Kier molecular flexibility index (Phi) is 4.50. The van der Waals surface area contributed by atoms with Gasteiger partial charge >= 0.3 is 0 Å². The molecule has 3 rings (SSSR count). The molecule has 7 heteroatoms. The van der Waals surface area contributed by atoms with Gasteiger partial charge in [0.2, 0.25) is 5.16 Å². The van der Waals surface area contributed by atoms with Crippen molar-refractivity contribution in [3.05, 3.63) is 29.6 Å². The van der Waals surface area contributed by atoms with Crippen molar-refractivity contribution in [2.24, 2.45) is 0 Å². The zero-order valence-electron chi connectivity index (χ0n) is 11.9. The molecule has 1 N–H and O–H groups in total. The standard InChI is InChI=1S/C14H18FN5S/c1-2-7-16-9-10-8-11(15)3-6-13(10)21-14-17-18-19-20(14)12-4-5-12/h3,6,8,12,16H,2,4-5,7,9H2,1H3. The van der Waals surface area contributed by atoms with Crippen LogP contribution in [0.5, 0.6) is 0 Å². The molecule has 0 bridgehead atoms. The summed E-state index contributed by atoms with van der Waals surface area (Å²) < 4.78 is 15.3.